The maximum absolute atomic E-state index is 14.5. The van der Waals surface area contributed by atoms with E-state index in [4.69, 9.17) is 44.4 Å². The number of hydrogen-bond acceptors (Lipinski definition) is 21. The van der Waals surface area contributed by atoms with Gasteiger partial charge in [0.1, 0.15) is 36.1 Å². The molecule has 4 aliphatic rings. The van der Waals surface area contributed by atoms with Gasteiger partial charge in [-0.05, 0) is 118 Å². The Bertz CT molecular complexity index is 2230. The lowest BCUT2D eigenvalue weighted by Gasteiger charge is -2.49. The maximum atomic E-state index is 14.5. The van der Waals surface area contributed by atoms with E-state index in [1.807, 2.05) is 37.7 Å². The van der Waals surface area contributed by atoms with Gasteiger partial charge in [0, 0.05) is 70.1 Å². The number of aliphatic hydroxyl groups excluding tert-OH is 3. The van der Waals surface area contributed by atoms with Crippen LogP contribution < -0.4 is 10.7 Å². The highest BCUT2D eigenvalue weighted by atomic mass is 32.2. The SMILES string of the molecule is CC[C@H]1OC(=O)[C@H](C)[C@@H](O[C@H]2C[C@@](C)(OC)[C@@H](O)[C@H](C)O2)[C@H](C)[C@@H](O[C@@H]2O[C@H](C)C[C@H](N(C)CCC(=N)CN(N)C[C@H]3CN(c4ccc(S(=O)(=O)N(C)C)cc4)C(=O)O3)[C@H]2O)[C@](C)(O)C[C@@H](C)CN(C)[C@H](C)[C@@H](O)[C@]1(C)O. The number of sulfonamides is 1. The monoisotopic (exact) mass is 1120 g/mol. The summed E-state index contributed by atoms with van der Waals surface area (Å²) in [6, 6.07) is 4.80. The third-order valence-corrected chi connectivity index (χ3v) is 18.3. The fourth-order valence-corrected chi connectivity index (χ4v) is 12.5. The second kappa shape index (κ2) is 26.3. The molecule has 5 rings (SSSR count). The topological polar surface area (TPSA) is 300 Å². The van der Waals surface area contributed by atoms with Crippen molar-refractivity contribution in [3.63, 3.8) is 0 Å². The van der Waals surface area contributed by atoms with Gasteiger partial charge in [-0.15, -0.1) is 0 Å². The van der Waals surface area contributed by atoms with Crippen molar-refractivity contribution in [1.29, 1.82) is 5.41 Å². The Balaban J connectivity index is 1.34. The van der Waals surface area contributed by atoms with Gasteiger partial charge in [-0.3, -0.25) is 15.5 Å². The molecule has 24 heteroatoms. The minimum atomic E-state index is -3.65. The number of nitrogens with one attached hydrogen (secondary N) is 1. The number of benzene rings is 1. The van der Waals surface area contributed by atoms with Crippen molar-refractivity contribution in [2.75, 3.05) is 72.9 Å². The standard InChI is InChI=1S/C53H93N7O16S/c1-16-41-53(10,67)45(62)34(6)58(14)26-30(2)24-51(8,66)47(32(4)44(33(5)48(64)74-41)75-42-25-52(9,70-15)46(63)35(7)72-42)76-49-43(61)40(23-31(3)71-49)57(13)22-21-36(54)27-59(55)28-38-29-60(50(65)73-38)37-17-19-39(20-18-37)77(68,69)56(11)12/h17-20,30-35,38,40-47,49,54,61-63,66-67H,16,21-29,55H2,1-15H3/t30-,31-,32+,33-,34-,35+,38+,40+,41-,42+,43-,44+,45-,46+,47-,49+,51-,52-,53-/m1/s1. The molecule has 1 amide bonds. The Morgan fingerprint density at radius 2 is 1.56 bits per heavy atom. The molecule has 19 atom stereocenters. The van der Waals surface area contributed by atoms with Crippen molar-refractivity contribution in [2.24, 2.45) is 23.6 Å². The van der Waals surface area contributed by atoms with E-state index in [9.17, 15) is 43.5 Å². The Hall–Kier alpha value is -3.02. The zero-order valence-electron chi connectivity index (χ0n) is 48.1. The zero-order valence-corrected chi connectivity index (χ0v) is 48.9. The van der Waals surface area contributed by atoms with Gasteiger partial charge >= 0.3 is 12.1 Å². The van der Waals surface area contributed by atoms with Crippen LogP contribution in [0.4, 0.5) is 10.5 Å². The van der Waals surface area contributed by atoms with Gasteiger partial charge in [-0.1, -0.05) is 20.8 Å². The maximum Gasteiger partial charge on any atom is 0.414 e. The van der Waals surface area contributed by atoms with Crippen molar-refractivity contribution in [1.82, 2.24) is 19.1 Å². The van der Waals surface area contributed by atoms with E-state index < -0.39 is 130 Å². The Morgan fingerprint density at radius 3 is 2.16 bits per heavy atom. The molecule has 4 saturated heterocycles. The molecule has 0 aliphatic carbocycles. The number of aliphatic hydroxyl groups is 5. The van der Waals surface area contributed by atoms with E-state index in [0.29, 0.717) is 25.2 Å². The summed E-state index contributed by atoms with van der Waals surface area (Å²) in [5.74, 6) is 3.42. The van der Waals surface area contributed by atoms with E-state index in [-0.39, 0.29) is 61.8 Å². The molecule has 77 heavy (non-hydrogen) atoms. The van der Waals surface area contributed by atoms with Gasteiger partial charge in [0.05, 0.1) is 66.1 Å². The molecular weight excluding hydrogens is 1020 g/mol. The summed E-state index contributed by atoms with van der Waals surface area (Å²) in [4.78, 5) is 32.7. The van der Waals surface area contributed by atoms with Gasteiger partial charge in [0.15, 0.2) is 12.6 Å². The van der Waals surface area contributed by atoms with Crippen LogP contribution >= 0.6 is 0 Å². The lowest BCUT2D eigenvalue weighted by molar-refractivity contribution is -0.318. The van der Waals surface area contributed by atoms with Crippen LogP contribution in [0.2, 0.25) is 0 Å². The summed E-state index contributed by atoms with van der Waals surface area (Å²) in [7, 11) is 4.35. The molecule has 23 nitrogen and oxygen atoms in total. The number of nitrogens with zero attached hydrogens (tertiary/aromatic N) is 5. The number of carbonyl (C=O) groups is 2. The number of hydrogen-bond donors (Lipinski definition) is 7. The fraction of sp³-hybridized carbons (Fsp3) is 0.830. The smallest absolute Gasteiger partial charge is 0.414 e. The molecule has 0 unspecified atom stereocenters. The highest BCUT2D eigenvalue weighted by Crippen LogP contribution is 2.40. The first-order valence-electron chi connectivity index (χ1n) is 27.0. The van der Waals surface area contributed by atoms with Gasteiger partial charge in [0.2, 0.25) is 10.0 Å². The summed E-state index contributed by atoms with van der Waals surface area (Å²) in [5, 5.41) is 70.0. The average Bonchev–Trinajstić information content (AvgIpc) is 3.72. The van der Waals surface area contributed by atoms with Crippen LogP contribution in [0.1, 0.15) is 101 Å². The highest BCUT2D eigenvalue weighted by Gasteiger charge is 2.53. The number of nitrogens with two attached hydrogens (primary N) is 1. The molecule has 0 spiro atoms. The van der Waals surface area contributed by atoms with Crippen LogP contribution in [0.5, 0.6) is 0 Å². The first-order chi connectivity index (χ1) is 35.7. The number of hydrazine groups is 1. The minimum absolute atomic E-state index is 0.0591. The third kappa shape index (κ3) is 15.3. The molecule has 4 fully saturated rings. The van der Waals surface area contributed by atoms with Crippen molar-refractivity contribution in [3.05, 3.63) is 24.3 Å². The second-order valence-corrected chi connectivity index (χ2v) is 25.5. The van der Waals surface area contributed by atoms with Crippen LogP contribution in [0, 0.1) is 23.2 Å². The lowest BCUT2D eigenvalue weighted by atomic mass is 9.77. The minimum Gasteiger partial charge on any atom is -0.459 e. The van der Waals surface area contributed by atoms with Crippen LogP contribution in [-0.2, 0) is 48.0 Å². The average molecular weight is 1120 g/mol. The quantitative estimate of drug-likeness (QED) is 0.0509. The summed E-state index contributed by atoms with van der Waals surface area (Å²) in [5.41, 5.74) is -3.89. The van der Waals surface area contributed by atoms with Gasteiger partial charge in [0.25, 0.3) is 0 Å². The van der Waals surface area contributed by atoms with Crippen molar-refractivity contribution >= 4 is 33.5 Å². The molecule has 0 aromatic heterocycles. The van der Waals surface area contributed by atoms with Gasteiger partial charge in [-0.25, -0.2) is 22.5 Å². The van der Waals surface area contributed by atoms with Crippen LogP contribution in [0.15, 0.2) is 29.2 Å². The van der Waals surface area contributed by atoms with Crippen LogP contribution in [0.3, 0.4) is 0 Å². The number of ether oxygens (including phenoxy) is 7. The number of methoxy groups -OCH3 is 1. The fourth-order valence-electron chi connectivity index (χ4n) is 11.6. The Kier molecular flexibility index (Phi) is 22.1. The zero-order chi connectivity index (χ0) is 57.9. The second-order valence-electron chi connectivity index (χ2n) is 23.4. The Labute approximate surface area is 456 Å². The van der Waals surface area contributed by atoms with Gasteiger partial charge < -0.3 is 73.9 Å². The van der Waals surface area contributed by atoms with Crippen molar-refractivity contribution in [2.45, 2.75) is 203 Å². The largest absolute Gasteiger partial charge is 0.459 e. The molecule has 0 saturated carbocycles. The first kappa shape index (κ1) is 64.8. The molecule has 0 radical (unpaired) electrons. The number of carbonyl (C=O) groups excluding carboxylic acids is 2. The summed E-state index contributed by atoms with van der Waals surface area (Å²) in [6.07, 6.45) is -10.7. The van der Waals surface area contributed by atoms with E-state index in [1.165, 1.54) is 50.2 Å². The highest BCUT2D eigenvalue weighted by molar-refractivity contribution is 7.89. The molecule has 1 aromatic carbocycles. The number of esters is 1. The first-order valence-corrected chi connectivity index (χ1v) is 28.5. The van der Waals surface area contributed by atoms with E-state index in [1.54, 1.807) is 60.6 Å². The molecule has 4 heterocycles. The van der Waals surface area contributed by atoms with E-state index >= 15 is 0 Å². The number of likely N-dealkylation sites (N-methyl/N-ethyl adjacent to an activating group) is 2. The molecule has 0 bridgehead atoms. The number of cyclic esters (lactones) is 2. The third-order valence-electron chi connectivity index (χ3n) is 16.5. The lowest BCUT2D eigenvalue weighted by Crippen LogP contribution is -2.61. The predicted octanol–water partition coefficient (Wildman–Crippen LogP) is 2.13. The van der Waals surface area contributed by atoms with E-state index in [0.717, 1.165) is 4.31 Å². The molecule has 4 aliphatic heterocycles. The van der Waals surface area contributed by atoms with Crippen molar-refractivity contribution in [3.8, 4) is 0 Å². The predicted molar refractivity (Wildman–Crippen MR) is 286 cm³/mol. The van der Waals surface area contributed by atoms with Gasteiger partial charge in [-0.2, -0.15) is 0 Å². The molecular formula is C53H93N7O16S. The Morgan fingerprint density at radius 1 is 0.922 bits per heavy atom. The molecule has 1 aromatic rings. The van der Waals surface area contributed by atoms with Crippen LogP contribution in [0.25, 0.3) is 0 Å². The van der Waals surface area contributed by atoms with Crippen molar-refractivity contribution < 1.29 is 76.7 Å². The molecule has 442 valence electrons. The summed E-state index contributed by atoms with van der Waals surface area (Å²) < 4.78 is 69.9. The summed E-state index contributed by atoms with van der Waals surface area (Å²) >= 11 is 0. The molecule has 8 N–H and O–H groups in total. The number of rotatable bonds is 17. The van der Waals surface area contributed by atoms with Crippen LogP contribution in [-0.4, -0.2) is 235 Å². The normalized spacial score (nSPS) is 39.6. The number of anilines is 1. The summed E-state index contributed by atoms with van der Waals surface area (Å²) in [6.45, 7) is 18.3. The van der Waals surface area contributed by atoms with E-state index in [2.05, 4.69) is 0 Å². The number of amides is 1.